The van der Waals surface area contributed by atoms with Crippen LogP contribution in [0.25, 0.3) is 17.0 Å². The first kappa shape index (κ1) is 13.5. The van der Waals surface area contributed by atoms with Crippen LogP contribution in [0.3, 0.4) is 0 Å². The van der Waals surface area contributed by atoms with Crippen LogP contribution < -0.4 is 0 Å². The predicted octanol–water partition coefficient (Wildman–Crippen LogP) is 3.85. The Hall–Kier alpha value is -2.45. The van der Waals surface area contributed by atoms with Crippen molar-refractivity contribution in [1.29, 1.82) is 0 Å². The third-order valence-electron chi connectivity index (χ3n) is 3.51. The highest BCUT2D eigenvalue weighted by Gasteiger charge is 2.05. The number of aliphatic hydroxyl groups excluding tert-OH is 1. The smallest absolute Gasteiger partial charge is 0.0737 e. The van der Waals surface area contributed by atoms with Crippen molar-refractivity contribution in [2.45, 2.75) is 6.42 Å². The van der Waals surface area contributed by atoms with Crippen molar-refractivity contribution >= 4 is 17.0 Å². The van der Waals surface area contributed by atoms with Crippen molar-refractivity contribution in [2.75, 3.05) is 6.61 Å². The average Bonchev–Trinajstić information content (AvgIpc) is 2.55. The Kier molecular flexibility index (Phi) is 4.08. The lowest BCUT2D eigenvalue weighted by Gasteiger charge is -2.08. The van der Waals surface area contributed by atoms with E-state index in [0.717, 1.165) is 27.6 Å². The third-order valence-corrected chi connectivity index (χ3v) is 3.51. The van der Waals surface area contributed by atoms with Crippen LogP contribution in [0.4, 0.5) is 0 Å². The third kappa shape index (κ3) is 3.18. The maximum atomic E-state index is 9.63. The molecule has 2 aromatic carbocycles. The number of hydrogen-bond donors (Lipinski definition) is 1. The Morgan fingerprint density at radius 3 is 2.57 bits per heavy atom. The predicted molar refractivity (Wildman–Crippen MR) is 87.0 cm³/mol. The first-order chi connectivity index (χ1) is 10.4. The molecular weight excluding hydrogens is 258 g/mol. The molecule has 21 heavy (non-hydrogen) atoms. The number of rotatable bonds is 4. The Balaban J connectivity index is 1.95. The molecule has 0 saturated carbocycles. The van der Waals surface area contributed by atoms with Gasteiger partial charge >= 0.3 is 0 Å². The summed E-state index contributed by atoms with van der Waals surface area (Å²) in [6.07, 6.45) is 4.56. The van der Waals surface area contributed by atoms with Gasteiger partial charge in [-0.15, -0.1) is 0 Å². The topological polar surface area (TPSA) is 33.1 Å². The van der Waals surface area contributed by atoms with Crippen LogP contribution >= 0.6 is 0 Å². The van der Waals surface area contributed by atoms with Crippen LogP contribution in [0.1, 0.15) is 11.1 Å². The van der Waals surface area contributed by atoms with Crippen LogP contribution in [0.5, 0.6) is 0 Å². The molecule has 0 bridgehead atoms. The highest BCUT2D eigenvalue weighted by atomic mass is 16.3. The van der Waals surface area contributed by atoms with E-state index in [1.165, 1.54) is 0 Å². The summed E-state index contributed by atoms with van der Waals surface area (Å²) < 4.78 is 0. The van der Waals surface area contributed by atoms with Crippen molar-refractivity contribution in [3.05, 3.63) is 83.6 Å². The molecule has 3 rings (SSSR count). The van der Waals surface area contributed by atoms with E-state index in [-0.39, 0.29) is 6.61 Å². The minimum Gasteiger partial charge on any atom is -0.392 e. The lowest BCUT2D eigenvalue weighted by molar-refractivity contribution is 0.329. The Morgan fingerprint density at radius 2 is 1.76 bits per heavy atom. The zero-order valence-electron chi connectivity index (χ0n) is 11.7. The van der Waals surface area contributed by atoms with Gasteiger partial charge in [-0.2, -0.15) is 0 Å². The van der Waals surface area contributed by atoms with Crippen molar-refractivity contribution < 1.29 is 5.11 Å². The fraction of sp³-hybridized carbons (Fsp3) is 0.105. The maximum absolute atomic E-state index is 9.63. The lowest BCUT2D eigenvalue weighted by Crippen LogP contribution is -1.97. The number of aliphatic hydroxyl groups is 1. The second kappa shape index (κ2) is 6.33. The Morgan fingerprint density at radius 1 is 0.952 bits per heavy atom. The van der Waals surface area contributed by atoms with Gasteiger partial charge in [0.1, 0.15) is 0 Å². The SMILES string of the molecule is OC/C(=C\c1ccccc1)Cc1cccc2cccnc12. The van der Waals surface area contributed by atoms with Crippen LogP contribution in [0.2, 0.25) is 0 Å². The molecule has 0 amide bonds. The van der Waals surface area contributed by atoms with Gasteiger partial charge in [-0.25, -0.2) is 0 Å². The Bertz CT molecular complexity index is 757. The monoisotopic (exact) mass is 275 g/mol. The van der Waals surface area contributed by atoms with Gasteiger partial charge in [-0.05, 0) is 29.2 Å². The molecule has 2 nitrogen and oxygen atoms in total. The average molecular weight is 275 g/mol. The summed E-state index contributed by atoms with van der Waals surface area (Å²) in [4.78, 5) is 4.47. The molecule has 0 aliphatic carbocycles. The van der Waals surface area contributed by atoms with E-state index in [0.29, 0.717) is 6.42 Å². The summed E-state index contributed by atoms with van der Waals surface area (Å²) in [5, 5.41) is 10.8. The van der Waals surface area contributed by atoms with E-state index in [1.807, 2.05) is 54.7 Å². The summed E-state index contributed by atoms with van der Waals surface area (Å²) in [5.41, 5.74) is 4.24. The van der Waals surface area contributed by atoms with E-state index in [4.69, 9.17) is 0 Å². The van der Waals surface area contributed by atoms with E-state index < -0.39 is 0 Å². The van der Waals surface area contributed by atoms with Gasteiger partial charge in [0.05, 0.1) is 12.1 Å². The normalized spacial score (nSPS) is 11.8. The standard InChI is InChI=1S/C19H17NO/c21-14-16(12-15-6-2-1-3-7-15)13-18-9-4-8-17-10-5-11-20-19(17)18/h1-12,21H,13-14H2/b16-12-. The first-order valence-corrected chi connectivity index (χ1v) is 7.05. The van der Waals surface area contributed by atoms with Crippen LogP contribution in [0, 0.1) is 0 Å². The van der Waals surface area contributed by atoms with Gasteiger partial charge in [-0.3, -0.25) is 4.98 Å². The molecule has 1 aromatic heterocycles. The molecule has 2 heteroatoms. The van der Waals surface area contributed by atoms with Crippen molar-refractivity contribution in [2.24, 2.45) is 0 Å². The number of para-hydroxylation sites is 1. The first-order valence-electron chi connectivity index (χ1n) is 7.05. The summed E-state index contributed by atoms with van der Waals surface area (Å²) in [6.45, 7) is 0.0537. The maximum Gasteiger partial charge on any atom is 0.0737 e. The highest BCUT2D eigenvalue weighted by Crippen LogP contribution is 2.20. The molecule has 0 aliphatic heterocycles. The second-order valence-corrected chi connectivity index (χ2v) is 5.04. The summed E-state index contributed by atoms with van der Waals surface area (Å²) >= 11 is 0. The minimum atomic E-state index is 0.0537. The van der Waals surface area contributed by atoms with Gasteiger partial charge in [0.15, 0.2) is 0 Å². The van der Waals surface area contributed by atoms with Crippen LogP contribution in [-0.2, 0) is 6.42 Å². The lowest BCUT2D eigenvalue weighted by atomic mass is 10.0. The molecule has 0 radical (unpaired) electrons. The van der Waals surface area contributed by atoms with Gasteiger partial charge in [0.2, 0.25) is 0 Å². The van der Waals surface area contributed by atoms with Crippen molar-refractivity contribution in [1.82, 2.24) is 4.98 Å². The van der Waals surface area contributed by atoms with Gasteiger partial charge in [0, 0.05) is 11.6 Å². The van der Waals surface area contributed by atoms with Gasteiger partial charge < -0.3 is 5.11 Å². The van der Waals surface area contributed by atoms with Gasteiger partial charge in [0.25, 0.3) is 0 Å². The molecule has 1 N–H and O–H groups in total. The summed E-state index contributed by atoms with van der Waals surface area (Å²) in [5.74, 6) is 0. The van der Waals surface area contributed by atoms with Crippen molar-refractivity contribution in [3.8, 4) is 0 Å². The molecule has 104 valence electrons. The van der Waals surface area contributed by atoms with Crippen molar-refractivity contribution in [3.63, 3.8) is 0 Å². The molecule has 0 atom stereocenters. The largest absolute Gasteiger partial charge is 0.392 e. The molecular formula is C19H17NO. The number of fused-ring (bicyclic) bond motifs is 1. The van der Waals surface area contributed by atoms with E-state index in [2.05, 4.69) is 23.2 Å². The highest BCUT2D eigenvalue weighted by molar-refractivity contribution is 5.82. The van der Waals surface area contributed by atoms with E-state index in [1.54, 1.807) is 0 Å². The fourth-order valence-corrected chi connectivity index (χ4v) is 2.49. The molecule has 0 spiro atoms. The molecule has 0 saturated heterocycles. The fourth-order valence-electron chi connectivity index (χ4n) is 2.49. The molecule has 1 heterocycles. The van der Waals surface area contributed by atoms with Gasteiger partial charge in [-0.1, -0.05) is 60.7 Å². The zero-order valence-corrected chi connectivity index (χ0v) is 11.7. The zero-order chi connectivity index (χ0) is 14.5. The molecule has 0 aliphatic rings. The quantitative estimate of drug-likeness (QED) is 0.784. The number of nitrogens with zero attached hydrogens (tertiary/aromatic N) is 1. The van der Waals surface area contributed by atoms with E-state index in [9.17, 15) is 5.11 Å². The minimum absolute atomic E-state index is 0.0537. The van der Waals surface area contributed by atoms with E-state index >= 15 is 0 Å². The molecule has 0 fully saturated rings. The molecule has 3 aromatic rings. The second-order valence-electron chi connectivity index (χ2n) is 5.04. The number of pyridine rings is 1. The van der Waals surface area contributed by atoms with Crippen LogP contribution in [0.15, 0.2) is 72.4 Å². The summed E-state index contributed by atoms with van der Waals surface area (Å²) in [6, 6.07) is 20.2. The Labute approximate surface area is 124 Å². The van der Waals surface area contributed by atoms with Crippen LogP contribution in [-0.4, -0.2) is 16.7 Å². The number of aromatic nitrogens is 1. The number of benzene rings is 2. The molecule has 0 unspecified atom stereocenters. The number of hydrogen-bond acceptors (Lipinski definition) is 2. The summed E-state index contributed by atoms with van der Waals surface area (Å²) in [7, 11) is 0.